The Labute approximate surface area is 159 Å². The van der Waals surface area contributed by atoms with Crippen LogP contribution < -0.4 is 0 Å². The van der Waals surface area contributed by atoms with Crippen LogP contribution in [0, 0.1) is 22.7 Å². The zero-order valence-corrected chi connectivity index (χ0v) is 17.8. The van der Waals surface area contributed by atoms with Gasteiger partial charge in [-0.15, -0.1) is 0 Å². The number of nitrogens with zero attached hydrogens (tertiary/aromatic N) is 2. The predicted molar refractivity (Wildman–Crippen MR) is 104 cm³/mol. The van der Waals surface area contributed by atoms with Crippen molar-refractivity contribution in [3.63, 3.8) is 0 Å². The van der Waals surface area contributed by atoms with Crippen molar-refractivity contribution in [3.8, 4) is 0 Å². The Balaban J connectivity index is 1.55. The highest BCUT2D eigenvalue weighted by Crippen LogP contribution is 2.64. The summed E-state index contributed by atoms with van der Waals surface area (Å²) < 4.78 is 25.0. The molecule has 2 aliphatic carbocycles. The van der Waals surface area contributed by atoms with Gasteiger partial charge in [-0.2, -0.15) is 0 Å². The van der Waals surface area contributed by atoms with Gasteiger partial charge in [0.1, 0.15) is 0 Å². The molecule has 2 saturated carbocycles. The van der Waals surface area contributed by atoms with Gasteiger partial charge in [-0.1, -0.05) is 27.2 Å². The predicted octanol–water partition coefficient (Wildman–Crippen LogP) is 3.11. The van der Waals surface area contributed by atoms with Gasteiger partial charge in [0.05, 0.1) is 6.26 Å². The molecule has 6 heteroatoms. The summed E-state index contributed by atoms with van der Waals surface area (Å²) in [7, 11) is -3.16. The molecule has 1 atom stereocenters. The molecule has 1 spiro atoms. The average molecular weight is 385 g/mol. The molecule has 26 heavy (non-hydrogen) atoms. The van der Waals surface area contributed by atoms with Crippen LogP contribution in [0.3, 0.4) is 0 Å². The van der Waals surface area contributed by atoms with Gasteiger partial charge in [0.25, 0.3) is 0 Å². The monoisotopic (exact) mass is 384 g/mol. The van der Waals surface area contributed by atoms with E-state index in [4.69, 9.17) is 0 Å². The molecule has 0 aromatic carbocycles. The fourth-order valence-corrected chi connectivity index (χ4v) is 6.05. The van der Waals surface area contributed by atoms with E-state index in [0.717, 1.165) is 18.8 Å². The molecule has 0 unspecified atom stereocenters. The second kappa shape index (κ2) is 7.08. The first-order chi connectivity index (χ1) is 12.1. The Hall–Kier alpha value is -0.620. The smallest absolute Gasteiger partial charge is 0.226 e. The fourth-order valence-electron chi connectivity index (χ4n) is 5.18. The molecule has 3 aliphatic rings. The summed E-state index contributed by atoms with van der Waals surface area (Å²) in [5.41, 5.74) is 0.677. The van der Waals surface area contributed by atoms with E-state index >= 15 is 0 Å². The molecular formula is C20H36N2O3S. The Bertz CT molecular complexity index is 635. The van der Waals surface area contributed by atoms with E-state index in [1.165, 1.54) is 42.7 Å². The molecular weight excluding hydrogens is 348 g/mol. The van der Waals surface area contributed by atoms with Crippen LogP contribution in [-0.2, 0) is 14.8 Å². The number of carbonyl (C=O) groups is 1. The molecule has 0 radical (unpaired) electrons. The van der Waals surface area contributed by atoms with Crippen molar-refractivity contribution in [2.45, 2.75) is 65.7 Å². The minimum Gasteiger partial charge on any atom is -0.341 e. The first-order valence-electron chi connectivity index (χ1n) is 10.3. The van der Waals surface area contributed by atoms with E-state index < -0.39 is 10.0 Å². The van der Waals surface area contributed by atoms with E-state index in [1.807, 2.05) is 4.90 Å². The molecule has 0 aromatic rings. The minimum atomic E-state index is -3.16. The zero-order chi connectivity index (χ0) is 19.2. The number of carbonyl (C=O) groups excluding carboxylic acids is 1. The lowest BCUT2D eigenvalue weighted by Gasteiger charge is -2.39. The third kappa shape index (κ3) is 3.96. The molecule has 3 fully saturated rings. The molecule has 5 nitrogen and oxygen atoms in total. The van der Waals surface area contributed by atoms with Crippen molar-refractivity contribution in [2.75, 3.05) is 32.4 Å². The standard InChI is InChI=1S/C20H36N2O3S/c1-5-19(2,3)16-7-9-20(10-8-16)15-17(20)18(23)21-11-6-12-22(14-13-21)26(4,24)25/h16-17H,5-15H2,1-4H3/t16?,17-,20?/m1/s1. The maximum Gasteiger partial charge on any atom is 0.226 e. The third-order valence-corrected chi connectivity index (χ3v) is 9.02. The van der Waals surface area contributed by atoms with Gasteiger partial charge < -0.3 is 4.90 Å². The van der Waals surface area contributed by atoms with Gasteiger partial charge in [0.15, 0.2) is 0 Å². The highest BCUT2D eigenvalue weighted by Gasteiger charge is 2.59. The van der Waals surface area contributed by atoms with E-state index in [0.29, 0.717) is 31.6 Å². The quantitative estimate of drug-likeness (QED) is 0.748. The second-order valence-electron chi connectivity index (χ2n) is 9.58. The number of amides is 1. The lowest BCUT2D eigenvalue weighted by atomic mass is 9.66. The Morgan fingerprint density at radius 1 is 1.12 bits per heavy atom. The molecule has 0 N–H and O–H groups in total. The molecule has 0 aromatic heterocycles. The van der Waals surface area contributed by atoms with Crippen molar-refractivity contribution < 1.29 is 13.2 Å². The molecule has 3 rings (SSSR count). The lowest BCUT2D eigenvalue weighted by Crippen LogP contribution is -2.39. The number of hydrogen-bond acceptors (Lipinski definition) is 3. The maximum atomic E-state index is 13.0. The Kier molecular flexibility index (Phi) is 5.48. The summed E-state index contributed by atoms with van der Waals surface area (Å²) in [6, 6.07) is 0. The molecule has 150 valence electrons. The van der Waals surface area contributed by atoms with Crippen LogP contribution in [0.15, 0.2) is 0 Å². The van der Waals surface area contributed by atoms with Crippen molar-refractivity contribution in [1.82, 2.24) is 9.21 Å². The summed E-state index contributed by atoms with van der Waals surface area (Å²) in [4.78, 5) is 15.0. The van der Waals surface area contributed by atoms with Gasteiger partial charge >= 0.3 is 0 Å². The van der Waals surface area contributed by atoms with Gasteiger partial charge in [-0.25, -0.2) is 12.7 Å². The Morgan fingerprint density at radius 2 is 1.77 bits per heavy atom. The summed E-state index contributed by atoms with van der Waals surface area (Å²) in [5, 5.41) is 0. The van der Waals surface area contributed by atoms with Crippen LogP contribution in [-0.4, -0.2) is 56.0 Å². The van der Waals surface area contributed by atoms with Crippen molar-refractivity contribution in [2.24, 2.45) is 22.7 Å². The number of sulfonamides is 1. The van der Waals surface area contributed by atoms with Gasteiger partial charge in [-0.3, -0.25) is 4.79 Å². The second-order valence-corrected chi connectivity index (χ2v) is 11.6. The van der Waals surface area contributed by atoms with Crippen molar-refractivity contribution >= 4 is 15.9 Å². The van der Waals surface area contributed by atoms with E-state index in [1.54, 1.807) is 0 Å². The molecule has 1 saturated heterocycles. The third-order valence-electron chi connectivity index (χ3n) is 7.72. The highest BCUT2D eigenvalue weighted by atomic mass is 32.2. The van der Waals surface area contributed by atoms with Gasteiger partial charge in [0, 0.05) is 32.1 Å². The maximum absolute atomic E-state index is 13.0. The molecule has 0 bridgehead atoms. The number of rotatable bonds is 4. The Morgan fingerprint density at radius 3 is 2.35 bits per heavy atom. The number of hydrogen-bond donors (Lipinski definition) is 0. The topological polar surface area (TPSA) is 57.7 Å². The minimum absolute atomic E-state index is 0.193. The first-order valence-corrected chi connectivity index (χ1v) is 12.2. The van der Waals surface area contributed by atoms with Crippen LogP contribution in [0.1, 0.15) is 65.7 Å². The van der Waals surface area contributed by atoms with E-state index in [2.05, 4.69) is 20.8 Å². The zero-order valence-electron chi connectivity index (χ0n) is 17.0. The highest BCUT2D eigenvalue weighted by molar-refractivity contribution is 7.88. The lowest BCUT2D eigenvalue weighted by molar-refractivity contribution is -0.133. The molecule has 1 heterocycles. The summed E-state index contributed by atoms with van der Waals surface area (Å²) in [6.45, 7) is 9.27. The summed E-state index contributed by atoms with van der Waals surface area (Å²) in [5.74, 6) is 1.27. The van der Waals surface area contributed by atoms with Crippen LogP contribution in [0.25, 0.3) is 0 Å². The van der Waals surface area contributed by atoms with E-state index in [-0.39, 0.29) is 17.2 Å². The van der Waals surface area contributed by atoms with Crippen molar-refractivity contribution in [1.29, 1.82) is 0 Å². The SMILES string of the molecule is CCC(C)(C)C1CCC2(CC1)C[C@@H]2C(=O)N1CCCN(S(C)(=O)=O)CC1. The summed E-state index contributed by atoms with van der Waals surface area (Å²) >= 11 is 0. The van der Waals surface area contributed by atoms with Gasteiger partial charge in [0.2, 0.25) is 15.9 Å². The fraction of sp³-hybridized carbons (Fsp3) is 0.950. The largest absolute Gasteiger partial charge is 0.341 e. The first kappa shape index (κ1) is 20.1. The summed E-state index contributed by atoms with van der Waals surface area (Å²) in [6.07, 6.45) is 9.18. The van der Waals surface area contributed by atoms with Crippen molar-refractivity contribution in [3.05, 3.63) is 0 Å². The van der Waals surface area contributed by atoms with Gasteiger partial charge in [-0.05, 0) is 55.3 Å². The van der Waals surface area contributed by atoms with Crippen LogP contribution in [0.5, 0.6) is 0 Å². The van der Waals surface area contributed by atoms with Crippen LogP contribution in [0.2, 0.25) is 0 Å². The van der Waals surface area contributed by atoms with Crippen LogP contribution in [0.4, 0.5) is 0 Å². The molecule has 1 amide bonds. The van der Waals surface area contributed by atoms with Crippen LogP contribution >= 0.6 is 0 Å². The van der Waals surface area contributed by atoms with E-state index in [9.17, 15) is 13.2 Å². The normalized spacial score (nSPS) is 33.9. The molecule has 1 aliphatic heterocycles. The average Bonchev–Trinajstić information content (AvgIpc) is 3.32.